The maximum absolute atomic E-state index is 13.0. The van der Waals surface area contributed by atoms with Crippen molar-refractivity contribution in [2.45, 2.75) is 32.7 Å². The molecule has 0 saturated carbocycles. The molecule has 3 heterocycles. The molecule has 0 aliphatic carbocycles. The number of benzene rings is 1. The molecule has 5 nitrogen and oxygen atoms in total. The second kappa shape index (κ2) is 7.53. The number of carbonyl (C=O) groups excluding carboxylic acids is 1. The molecule has 1 aromatic carbocycles. The van der Waals surface area contributed by atoms with Crippen molar-refractivity contribution in [2.24, 2.45) is 5.92 Å². The van der Waals surface area contributed by atoms with Crippen LogP contribution in [0.2, 0.25) is 0 Å². The third-order valence-electron chi connectivity index (χ3n) is 5.78. The normalized spacial score (nSPS) is 22.3. The lowest BCUT2D eigenvalue weighted by Crippen LogP contribution is -2.53. The molecule has 2 saturated heterocycles. The maximum Gasteiger partial charge on any atom is 0.227 e. The Balaban J connectivity index is 1.38. The molecule has 2 fully saturated rings. The number of anilines is 1. The summed E-state index contributed by atoms with van der Waals surface area (Å²) in [6, 6.07) is 8.93. The first kappa shape index (κ1) is 17.7. The van der Waals surface area contributed by atoms with Crippen molar-refractivity contribution < 1.29 is 4.79 Å². The summed E-state index contributed by atoms with van der Waals surface area (Å²) < 4.78 is 5.90. The number of aromatic nitrogens is 1. The zero-order valence-electron chi connectivity index (χ0n) is 15.7. The van der Waals surface area contributed by atoms with E-state index in [1.165, 1.54) is 10.1 Å². The Hall–Kier alpha value is -1.66. The number of fused-ring (bicyclic) bond motifs is 1. The number of hydrogen-bond donors (Lipinski definition) is 0. The van der Waals surface area contributed by atoms with Crippen LogP contribution in [0.4, 0.5) is 5.82 Å². The first-order chi connectivity index (χ1) is 12.6. The molecular formula is C20H28N4OS. The quantitative estimate of drug-likeness (QED) is 0.830. The lowest BCUT2D eigenvalue weighted by Gasteiger charge is -2.40. The lowest BCUT2D eigenvalue weighted by molar-refractivity contribution is -0.137. The number of nitrogens with zero attached hydrogens (tertiary/aromatic N) is 4. The fourth-order valence-electron chi connectivity index (χ4n) is 4.17. The summed E-state index contributed by atoms with van der Waals surface area (Å²) >= 11 is 1.56. The van der Waals surface area contributed by atoms with Gasteiger partial charge in [-0.05, 0) is 56.9 Å². The molecule has 26 heavy (non-hydrogen) atoms. The molecule has 1 atom stereocenters. The average molecular weight is 373 g/mol. The van der Waals surface area contributed by atoms with Gasteiger partial charge in [0, 0.05) is 44.2 Å². The van der Waals surface area contributed by atoms with Crippen LogP contribution < -0.4 is 4.90 Å². The van der Waals surface area contributed by atoms with Gasteiger partial charge in [-0.2, -0.15) is 4.37 Å². The van der Waals surface area contributed by atoms with Crippen LogP contribution in [0.5, 0.6) is 0 Å². The molecule has 0 spiro atoms. The van der Waals surface area contributed by atoms with Crippen LogP contribution in [0.3, 0.4) is 0 Å². The van der Waals surface area contributed by atoms with Gasteiger partial charge in [0.2, 0.25) is 5.91 Å². The number of hydrogen-bond acceptors (Lipinski definition) is 5. The number of amides is 1. The van der Waals surface area contributed by atoms with Gasteiger partial charge >= 0.3 is 0 Å². The van der Waals surface area contributed by atoms with Crippen molar-refractivity contribution in [3.63, 3.8) is 0 Å². The molecule has 2 aromatic rings. The van der Waals surface area contributed by atoms with Gasteiger partial charge in [0.25, 0.3) is 0 Å². The average Bonchev–Trinajstić information content (AvgIpc) is 3.12. The molecular weight excluding hydrogens is 344 g/mol. The van der Waals surface area contributed by atoms with Gasteiger partial charge in [-0.15, -0.1) is 0 Å². The smallest absolute Gasteiger partial charge is 0.227 e. The number of piperidine rings is 1. The zero-order valence-corrected chi connectivity index (χ0v) is 16.5. The number of carbonyl (C=O) groups is 1. The van der Waals surface area contributed by atoms with Crippen molar-refractivity contribution in [1.82, 2.24) is 14.2 Å². The van der Waals surface area contributed by atoms with Crippen molar-refractivity contribution >= 4 is 33.3 Å². The molecule has 1 amide bonds. The summed E-state index contributed by atoms with van der Waals surface area (Å²) in [7, 11) is 0. The van der Waals surface area contributed by atoms with E-state index in [0.29, 0.717) is 11.9 Å². The van der Waals surface area contributed by atoms with Crippen LogP contribution in [0.1, 0.15) is 26.7 Å². The highest BCUT2D eigenvalue weighted by atomic mass is 32.1. The van der Waals surface area contributed by atoms with E-state index in [-0.39, 0.29) is 5.92 Å². The summed E-state index contributed by atoms with van der Waals surface area (Å²) in [6.45, 7) is 9.87. The third kappa shape index (κ3) is 3.45. The molecule has 6 heteroatoms. The Morgan fingerprint density at radius 2 is 1.92 bits per heavy atom. The fraction of sp³-hybridized carbons (Fsp3) is 0.600. The highest BCUT2D eigenvalue weighted by molar-refractivity contribution is 7.13. The van der Waals surface area contributed by atoms with E-state index < -0.39 is 0 Å². The summed E-state index contributed by atoms with van der Waals surface area (Å²) in [5.41, 5.74) is 0. The Kier molecular flexibility index (Phi) is 5.14. The van der Waals surface area contributed by atoms with Gasteiger partial charge in [-0.3, -0.25) is 4.79 Å². The van der Waals surface area contributed by atoms with Gasteiger partial charge in [0.1, 0.15) is 5.82 Å². The highest BCUT2D eigenvalue weighted by Gasteiger charge is 2.32. The first-order valence-corrected chi connectivity index (χ1v) is 10.5. The van der Waals surface area contributed by atoms with Gasteiger partial charge in [-0.25, -0.2) is 0 Å². The van der Waals surface area contributed by atoms with Gasteiger partial charge in [-0.1, -0.05) is 12.1 Å². The minimum absolute atomic E-state index is 0.179. The number of rotatable bonds is 3. The second-order valence-corrected chi connectivity index (χ2v) is 8.55. The largest absolute Gasteiger partial charge is 0.352 e. The Morgan fingerprint density at radius 1 is 1.15 bits per heavy atom. The van der Waals surface area contributed by atoms with Crippen LogP contribution in [-0.4, -0.2) is 65.4 Å². The summed E-state index contributed by atoms with van der Waals surface area (Å²) in [5.74, 6) is 1.62. The summed E-state index contributed by atoms with van der Waals surface area (Å²) in [6.07, 6.45) is 2.18. The van der Waals surface area contributed by atoms with E-state index in [1.54, 1.807) is 11.5 Å². The van der Waals surface area contributed by atoms with Crippen LogP contribution in [0.15, 0.2) is 24.3 Å². The standard InChI is InChI=1S/C20H28N4OS/c1-15(2)24-9-5-6-16(14-24)20(25)23-12-10-22(11-13-23)19-17-7-3-4-8-18(17)26-21-19/h3-4,7-8,15-16H,5-6,9-14H2,1-2H3. The van der Waals surface area contributed by atoms with E-state index in [9.17, 15) is 4.79 Å². The number of likely N-dealkylation sites (tertiary alicyclic amines) is 1. The molecule has 0 N–H and O–H groups in total. The van der Waals surface area contributed by atoms with E-state index in [0.717, 1.165) is 57.9 Å². The van der Waals surface area contributed by atoms with Crippen molar-refractivity contribution in [3.05, 3.63) is 24.3 Å². The van der Waals surface area contributed by atoms with Crippen molar-refractivity contribution in [1.29, 1.82) is 0 Å². The van der Waals surface area contributed by atoms with E-state index >= 15 is 0 Å². The predicted molar refractivity (Wildman–Crippen MR) is 108 cm³/mol. The molecule has 1 aromatic heterocycles. The molecule has 2 aliphatic rings. The van der Waals surface area contributed by atoms with Crippen LogP contribution in [-0.2, 0) is 4.79 Å². The fourth-order valence-corrected chi connectivity index (χ4v) is 4.97. The van der Waals surface area contributed by atoms with Gasteiger partial charge in [0.15, 0.2) is 0 Å². The first-order valence-electron chi connectivity index (χ1n) is 9.75. The van der Waals surface area contributed by atoms with E-state index in [2.05, 4.69) is 57.2 Å². The molecule has 1 unspecified atom stereocenters. The predicted octanol–water partition coefficient (Wildman–Crippen LogP) is 3.07. The topological polar surface area (TPSA) is 39.7 Å². The monoisotopic (exact) mass is 372 g/mol. The molecule has 2 aliphatic heterocycles. The van der Waals surface area contributed by atoms with Crippen LogP contribution >= 0.6 is 11.5 Å². The van der Waals surface area contributed by atoms with Gasteiger partial charge in [0.05, 0.1) is 10.6 Å². The molecule has 140 valence electrons. The summed E-state index contributed by atoms with van der Waals surface area (Å²) in [4.78, 5) is 19.9. The zero-order chi connectivity index (χ0) is 18.1. The van der Waals surface area contributed by atoms with E-state index in [1.807, 2.05) is 0 Å². The van der Waals surface area contributed by atoms with Crippen LogP contribution in [0, 0.1) is 5.92 Å². The molecule has 4 rings (SSSR count). The maximum atomic E-state index is 13.0. The third-order valence-corrected chi connectivity index (χ3v) is 6.60. The SMILES string of the molecule is CC(C)N1CCCC(C(=O)N2CCN(c3nsc4ccccc34)CC2)C1. The van der Waals surface area contributed by atoms with Crippen molar-refractivity contribution in [2.75, 3.05) is 44.2 Å². The number of piperazine rings is 1. The minimum atomic E-state index is 0.179. The van der Waals surface area contributed by atoms with E-state index in [4.69, 9.17) is 0 Å². The second-order valence-electron chi connectivity index (χ2n) is 7.74. The Bertz CT molecular complexity index is 766. The molecule has 0 bridgehead atoms. The lowest BCUT2D eigenvalue weighted by atomic mass is 9.95. The van der Waals surface area contributed by atoms with Crippen molar-refractivity contribution in [3.8, 4) is 0 Å². The van der Waals surface area contributed by atoms with Gasteiger partial charge < -0.3 is 14.7 Å². The molecule has 0 radical (unpaired) electrons. The summed E-state index contributed by atoms with van der Waals surface area (Å²) in [5, 5.41) is 1.23. The Labute approximate surface area is 159 Å². The highest BCUT2D eigenvalue weighted by Crippen LogP contribution is 2.30. The minimum Gasteiger partial charge on any atom is -0.352 e. The van der Waals surface area contributed by atoms with Crippen LogP contribution in [0.25, 0.3) is 10.1 Å². The Morgan fingerprint density at radius 3 is 2.69 bits per heavy atom.